The van der Waals surface area contributed by atoms with Crippen molar-refractivity contribution in [1.82, 2.24) is 19.7 Å². The molecule has 1 aliphatic carbocycles. The minimum atomic E-state index is -0.599. The average molecular weight is 303 g/mol. The van der Waals surface area contributed by atoms with E-state index < -0.39 is 6.09 Å². The van der Waals surface area contributed by atoms with Gasteiger partial charge in [-0.15, -0.1) is 0 Å². The van der Waals surface area contributed by atoms with Crippen LogP contribution in [0.1, 0.15) is 32.1 Å². The molecule has 1 fully saturated rings. The van der Waals surface area contributed by atoms with E-state index in [1.165, 1.54) is 17.3 Å². The molecule has 8 nitrogen and oxygen atoms in total. The van der Waals surface area contributed by atoms with Crippen molar-refractivity contribution in [1.29, 1.82) is 0 Å². The predicted octanol–water partition coefficient (Wildman–Crippen LogP) is 2.25. The first-order chi connectivity index (χ1) is 10.7. The van der Waals surface area contributed by atoms with Gasteiger partial charge in [0, 0.05) is 12.4 Å². The summed E-state index contributed by atoms with van der Waals surface area (Å²) in [6, 6.07) is 1.72. The third kappa shape index (κ3) is 3.33. The van der Waals surface area contributed by atoms with Crippen molar-refractivity contribution >= 4 is 11.8 Å². The van der Waals surface area contributed by atoms with E-state index in [4.69, 9.17) is 4.74 Å². The highest BCUT2D eigenvalue weighted by Gasteiger charge is 2.19. The van der Waals surface area contributed by atoms with Gasteiger partial charge in [-0.25, -0.2) is 14.5 Å². The van der Waals surface area contributed by atoms with Crippen LogP contribution >= 0.6 is 0 Å². The lowest BCUT2D eigenvalue weighted by molar-refractivity contribution is 0.0864. The smallest absolute Gasteiger partial charge is 0.412 e. The molecule has 1 amide bonds. The maximum absolute atomic E-state index is 11.8. The second-order valence-electron chi connectivity index (χ2n) is 5.15. The van der Waals surface area contributed by atoms with Crippen LogP contribution in [-0.4, -0.2) is 37.1 Å². The first-order valence-corrected chi connectivity index (χ1v) is 7.26. The van der Waals surface area contributed by atoms with Crippen molar-refractivity contribution in [2.45, 2.75) is 38.2 Å². The van der Waals surface area contributed by atoms with E-state index in [1.807, 2.05) is 0 Å². The van der Waals surface area contributed by atoms with Gasteiger partial charge in [0.1, 0.15) is 11.8 Å². The van der Waals surface area contributed by atoms with E-state index in [0.29, 0.717) is 0 Å². The number of aromatic hydroxyl groups is 1. The van der Waals surface area contributed by atoms with E-state index in [-0.39, 0.29) is 23.6 Å². The molecule has 2 aromatic rings. The summed E-state index contributed by atoms with van der Waals surface area (Å²) in [7, 11) is 0. The number of nitrogens with zero attached hydrogens (tertiary/aromatic N) is 4. The van der Waals surface area contributed by atoms with Gasteiger partial charge in [-0.2, -0.15) is 10.1 Å². The zero-order chi connectivity index (χ0) is 15.4. The number of carbonyl (C=O) groups excluding carboxylic acids is 1. The number of anilines is 1. The fourth-order valence-electron chi connectivity index (χ4n) is 2.42. The van der Waals surface area contributed by atoms with Crippen molar-refractivity contribution in [2.75, 3.05) is 5.32 Å². The molecule has 0 spiro atoms. The number of hydrogen-bond acceptors (Lipinski definition) is 6. The van der Waals surface area contributed by atoms with Gasteiger partial charge in [0.05, 0.1) is 6.20 Å². The van der Waals surface area contributed by atoms with Gasteiger partial charge in [0.15, 0.2) is 0 Å². The van der Waals surface area contributed by atoms with E-state index in [1.54, 1.807) is 18.5 Å². The summed E-state index contributed by atoms with van der Waals surface area (Å²) in [4.78, 5) is 19.8. The zero-order valence-corrected chi connectivity index (χ0v) is 12.0. The quantitative estimate of drug-likeness (QED) is 0.901. The van der Waals surface area contributed by atoms with Gasteiger partial charge < -0.3 is 9.84 Å². The number of nitrogens with one attached hydrogen (secondary N) is 1. The summed E-state index contributed by atoms with van der Waals surface area (Å²) < 4.78 is 6.73. The minimum absolute atomic E-state index is 0.0554. The number of ether oxygens (including phenoxy) is 1. The van der Waals surface area contributed by atoms with Crippen molar-refractivity contribution in [2.24, 2.45) is 0 Å². The normalized spacial score (nSPS) is 15.5. The Morgan fingerprint density at radius 3 is 2.86 bits per heavy atom. The largest absolute Gasteiger partial charge is 0.492 e. The Morgan fingerprint density at radius 1 is 1.36 bits per heavy atom. The molecule has 1 saturated carbocycles. The summed E-state index contributed by atoms with van der Waals surface area (Å²) in [6.45, 7) is 0. The lowest BCUT2D eigenvalue weighted by atomic mass is 9.98. The highest BCUT2D eigenvalue weighted by atomic mass is 16.6. The molecule has 0 bridgehead atoms. The van der Waals surface area contributed by atoms with Gasteiger partial charge in [-0.3, -0.25) is 5.32 Å². The second-order valence-corrected chi connectivity index (χ2v) is 5.15. The summed E-state index contributed by atoms with van der Waals surface area (Å²) >= 11 is 0. The third-order valence-corrected chi connectivity index (χ3v) is 3.53. The van der Waals surface area contributed by atoms with Crippen LogP contribution in [0.3, 0.4) is 0 Å². The number of amides is 1. The van der Waals surface area contributed by atoms with Crippen molar-refractivity contribution in [3.8, 4) is 11.8 Å². The number of rotatable bonds is 3. The topological polar surface area (TPSA) is 102 Å². The molecule has 116 valence electrons. The second kappa shape index (κ2) is 6.42. The first-order valence-electron chi connectivity index (χ1n) is 7.26. The van der Waals surface area contributed by atoms with Crippen LogP contribution in [0.2, 0.25) is 0 Å². The molecular weight excluding hydrogens is 286 g/mol. The molecule has 1 aliphatic rings. The summed E-state index contributed by atoms with van der Waals surface area (Å²) in [5, 5.41) is 16.3. The van der Waals surface area contributed by atoms with Crippen molar-refractivity contribution < 1.29 is 14.6 Å². The SMILES string of the molecule is O=C(Nc1cnc(-n2cccn2)nc1O)OC1CCCCC1. The maximum atomic E-state index is 11.8. The lowest BCUT2D eigenvalue weighted by Gasteiger charge is -2.21. The van der Waals surface area contributed by atoms with Gasteiger partial charge in [0.2, 0.25) is 5.88 Å². The monoisotopic (exact) mass is 303 g/mol. The van der Waals surface area contributed by atoms with E-state index in [9.17, 15) is 9.90 Å². The van der Waals surface area contributed by atoms with Gasteiger partial charge in [0.25, 0.3) is 5.95 Å². The van der Waals surface area contributed by atoms with Gasteiger partial charge >= 0.3 is 6.09 Å². The molecule has 8 heteroatoms. The Kier molecular flexibility index (Phi) is 4.17. The van der Waals surface area contributed by atoms with Crippen molar-refractivity contribution in [3.63, 3.8) is 0 Å². The van der Waals surface area contributed by atoms with Crippen LogP contribution in [0.25, 0.3) is 5.95 Å². The minimum Gasteiger partial charge on any atom is -0.492 e. The molecule has 0 aliphatic heterocycles. The maximum Gasteiger partial charge on any atom is 0.412 e. The molecular formula is C14H17N5O3. The van der Waals surface area contributed by atoms with Crippen LogP contribution in [-0.2, 0) is 4.74 Å². The van der Waals surface area contributed by atoms with Crippen LogP contribution in [0, 0.1) is 0 Å². The average Bonchev–Trinajstić information content (AvgIpc) is 3.04. The summed E-state index contributed by atoms with van der Waals surface area (Å²) in [6.07, 6.45) is 9.00. The van der Waals surface area contributed by atoms with Gasteiger partial charge in [-0.05, 0) is 31.7 Å². The van der Waals surface area contributed by atoms with Crippen LogP contribution in [0.15, 0.2) is 24.7 Å². The van der Waals surface area contributed by atoms with Gasteiger partial charge in [-0.1, -0.05) is 6.42 Å². The number of hydrogen-bond donors (Lipinski definition) is 2. The molecule has 2 heterocycles. The van der Waals surface area contributed by atoms with Crippen LogP contribution in [0.4, 0.5) is 10.5 Å². The van der Waals surface area contributed by atoms with Crippen molar-refractivity contribution in [3.05, 3.63) is 24.7 Å². The lowest BCUT2D eigenvalue weighted by Crippen LogP contribution is -2.24. The molecule has 0 unspecified atom stereocenters. The Morgan fingerprint density at radius 2 is 2.18 bits per heavy atom. The highest BCUT2D eigenvalue weighted by Crippen LogP contribution is 2.23. The zero-order valence-electron chi connectivity index (χ0n) is 12.0. The highest BCUT2D eigenvalue weighted by molar-refractivity contribution is 5.85. The Labute approximate surface area is 127 Å². The van der Waals surface area contributed by atoms with E-state index >= 15 is 0 Å². The number of aromatic nitrogens is 4. The summed E-state index contributed by atoms with van der Waals surface area (Å²) in [5.74, 6) is -0.116. The molecule has 0 radical (unpaired) electrons. The number of carbonyl (C=O) groups is 1. The third-order valence-electron chi connectivity index (χ3n) is 3.53. The Balaban J connectivity index is 1.63. The molecule has 0 aromatic carbocycles. The molecule has 2 N–H and O–H groups in total. The predicted molar refractivity (Wildman–Crippen MR) is 77.8 cm³/mol. The van der Waals surface area contributed by atoms with Crippen LogP contribution in [0.5, 0.6) is 5.88 Å². The Bertz CT molecular complexity index is 638. The van der Waals surface area contributed by atoms with Crippen LogP contribution < -0.4 is 5.32 Å². The molecule has 22 heavy (non-hydrogen) atoms. The summed E-state index contributed by atoms with van der Waals surface area (Å²) in [5.41, 5.74) is 0.108. The molecule has 0 saturated heterocycles. The van der Waals surface area contributed by atoms with E-state index in [0.717, 1.165) is 25.7 Å². The first kappa shape index (κ1) is 14.3. The molecule has 2 aromatic heterocycles. The fraction of sp³-hybridized carbons (Fsp3) is 0.429. The standard InChI is InChI=1S/C14H17N5O3/c20-12-11(9-15-13(18-12)19-8-4-7-16-19)17-14(21)22-10-5-2-1-3-6-10/h4,7-10H,1-3,5-6H2,(H,17,21)(H,15,18,20). The fourth-order valence-corrected chi connectivity index (χ4v) is 2.42. The Hall–Kier alpha value is -2.64. The molecule has 0 atom stereocenters. The molecule has 3 rings (SSSR count). The van der Waals surface area contributed by atoms with E-state index in [2.05, 4.69) is 20.4 Å².